The van der Waals surface area contributed by atoms with Gasteiger partial charge in [0.25, 0.3) is 0 Å². The Kier molecular flexibility index (Phi) is 5.52. The summed E-state index contributed by atoms with van der Waals surface area (Å²) in [6.07, 6.45) is 0. The fourth-order valence-corrected chi connectivity index (χ4v) is 1.51. The molecule has 0 saturated carbocycles. The van der Waals surface area contributed by atoms with Gasteiger partial charge in [0.1, 0.15) is 17.9 Å². The quantitative estimate of drug-likeness (QED) is 0.792. The van der Waals surface area contributed by atoms with E-state index in [0.717, 1.165) is 6.07 Å². The topological polar surface area (TPSA) is 87.1 Å². The van der Waals surface area contributed by atoms with E-state index < -0.39 is 11.9 Å². The average Bonchev–Trinajstić information content (AvgIpc) is 2.38. The van der Waals surface area contributed by atoms with E-state index in [1.54, 1.807) is 0 Å². The maximum absolute atomic E-state index is 11.1. The fourth-order valence-electron chi connectivity index (χ4n) is 1.51. The smallest absolute Gasteiger partial charge is 0.339 e. The molecule has 0 atom stereocenters. The van der Waals surface area contributed by atoms with E-state index in [-0.39, 0.29) is 16.9 Å². The number of carboxylic acid groups (broad SMARTS) is 2. The molecule has 2 N–H and O–H groups in total. The van der Waals surface area contributed by atoms with Gasteiger partial charge in [-0.2, -0.15) is 0 Å². The molecule has 0 aliphatic heterocycles. The van der Waals surface area contributed by atoms with E-state index in [4.69, 9.17) is 14.9 Å². The van der Waals surface area contributed by atoms with Crippen molar-refractivity contribution >= 4 is 11.9 Å². The number of likely N-dealkylation sites (N-methyl/N-ethyl adjacent to an activating group) is 1. The Labute approximate surface area is 117 Å². The molecule has 0 heterocycles. The Hall–Kier alpha value is -2.08. The van der Waals surface area contributed by atoms with Crippen LogP contribution in [-0.4, -0.2) is 53.3 Å². The number of hydrogen-bond acceptors (Lipinski definition) is 4. The monoisotopic (exact) mass is 281 g/mol. The van der Waals surface area contributed by atoms with Crippen LogP contribution in [0, 0.1) is 0 Å². The number of carbonyl (C=O) groups is 2. The highest BCUT2D eigenvalue weighted by Crippen LogP contribution is 2.20. The highest BCUT2D eigenvalue weighted by atomic mass is 16.5. The van der Waals surface area contributed by atoms with Crippen molar-refractivity contribution in [2.24, 2.45) is 0 Å². The maximum atomic E-state index is 11.1. The minimum atomic E-state index is -1.21. The number of benzene rings is 1. The molecule has 0 spiro atoms. The Morgan fingerprint density at radius 2 is 1.90 bits per heavy atom. The molecule has 6 heteroatoms. The van der Waals surface area contributed by atoms with Crippen LogP contribution in [0.15, 0.2) is 18.2 Å². The highest BCUT2D eigenvalue weighted by molar-refractivity contribution is 5.95. The van der Waals surface area contributed by atoms with Crippen molar-refractivity contribution in [1.82, 2.24) is 4.90 Å². The first-order chi connectivity index (χ1) is 9.32. The predicted molar refractivity (Wildman–Crippen MR) is 73.6 cm³/mol. The van der Waals surface area contributed by atoms with Crippen LogP contribution in [0.25, 0.3) is 0 Å². The molecular weight excluding hydrogens is 262 g/mol. The van der Waals surface area contributed by atoms with Crippen LogP contribution in [0.1, 0.15) is 34.6 Å². The SMILES string of the molecule is CC(C)N(C)CCOc1ccc(C(=O)O)cc1C(=O)O. The molecule has 0 unspecified atom stereocenters. The molecule has 1 aromatic rings. The molecule has 0 aromatic heterocycles. The molecule has 0 saturated heterocycles. The van der Waals surface area contributed by atoms with Gasteiger partial charge in [0.05, 0.1) is 5.56 Å². The molecule has 0 bridgehead atoms. The summed E-state index contributed by atoms with van der Waals surface area (Å²) >= 11 is 0. The molecule has 0 aliphatic carbocycles. The molecule has 20 heavy (non-hydrogen) atoms. The van der Waals surface area contributed by atoms with Gasteiger partial charge in [-0.25, -0.2) is 9.59 Å². The summed E-state index contributed by atoms with van der Waals surface area (Å²) in [7, 11) is 1.94. The third-order valence-electron chi connectivity index (χ3n) is 3.04. The zero-order valence-corrected chi connectivity index (χ0v) is 11.8. The third kappa shape index (κ3) is 4.24. The number of aromatic carboxylic acids is 2. The van der Waals surface area contributed by atoms with Gasteiger partial charge in [0.15, 0.2) is 0 Å². The van der Waals surface area contributed by atoms with E-state index in [0.29, 0.717) is 19.2 Å². The van der Waals surface area contributed by atoms with Gasteiger partial charge in [-0.3, -0.25) is 0 Å². The van der Waals surface area contributed by atoms with Crippen molar-refractivity contribution < 1.29 is 24.5 Å². The summed E-state index contributed by atoms with van der Waals surface area (Å²) in [6.45, 7) is 5.08. The second-order valence-electron chi connectivity index (χ2n) is 4.74. The van der Waals surface area contributed by atoms with Crippen molar-refractivity contribution in [3.05, 3.63) is 29.3 Å². The standard InChI is InChI=1S/C14H19NO5/c1-9(2)15(3)6-7-20-12-5-4-10(13(16)17)8-11(12)14(18)19/h4-5,8-9H,6-7H2,1-3H3,(H,16,17)(H,18,19). The van der Waals surface area contributed by atoms with E-state index in [1.165, 1.54) is 12.1 Å². The molecule has 110 valence electrons. The number of rotatable bonds is 7. The van der Waals surface area contributed by atoms with Gasteiger partial charge in [0, 0.05) is 12.6 Å². The van der Waals surface area contributed by atoms with Crippen molar-refractivity contribution in [2.75, 3.05) is 20.2 Å². The fraction of sp³-hybridized carbons (Fsp3) is 0.429. The van der Waals surface area contributed by atoms with Crippen LogP contribution >= 0.6 is 0 Å². The predicted octanol–water partition coefficient (Wildman–Crippen LogP) is 1.80. The van der Waals surface area contributed by atoms with Crippen molar-refractivity contribution in [2.45, 2.75) is 19.9 Å². The lowest BCUT2D eigenvalue weighted by molar-refractivity contribution is 0.0691. The summed E-state index contributed by atoms with van der Waals surface area (Å²) < 4.78 is 5.44. The van der Waals surface area contributed by atoms with Gasteiger partial charge in [0.2, 0.25) is 0 Å². The van der Waals surface area contributed by atoms with Gasteiger partial charge in [-0.05, 0) is 39.1 Å². The molecule has 0 fully saturated rings. The summed E-state index contributed by atoms with van der Waals surface area (Å²) in [5, 5.41) is 17.9. The lowest BCUT2D eigenvalue weighted by Gasteiger charge is -2.21. The van der Waals surface area contributed by atoms with Crippen molar-refractivity contribution in [3.8, 4) is 5.75 Å². The third-order valence-corrected chi connectivity index (χ3v) is 3.04. The van der Waals surface area contributed by atoms with Gasteiger partial charge < -0.3 is 19.8 Å². The number of nitrogens with zero attached hydrogens (tertiary/aromatic N) is 1. The Bertz CT molecular complexity index is 498. The number of carboxylic acids is 2. The molecule has 1 rings (SSSR count). The van der Waals surface area contributed by atoms with E-state index >= 15 is 0 Å². The second-order valence-corrected chi connectivity index (χ2v) is 4.74. The first-order valence-electron chi connectivity index (χ1n) is 6.26. The van der Waals surface area contributed by atoms with Crippen LogP contribution in [0.3, 0.4) is 0 Å². The van der Waals surface area contributed by atoms with Crippen LogP contribution in [0.2, 0.25) is 0 Å². The van der Waals surface area contributed by atoms with Crippen molar-refractivity contribution in [3.63, 3.8) is 0 Å². The second kappa shape index (κ2) is 6.91. The summed E-state index contributed by atoms with van der Waals surface area (Å²) in [5.74, 6) is -2.20. The first kappa shape index (κ1) is 16.0. The summed E-state index contributed by atoms with van der Waals surface area (Å²) in [4.78, 5) is 24.0. The minimum Gasteiger partial charge on any atom is -0.491 e. The Morgan fingerprint density at radius 3 is 2.40 bits per heavy atom. The summed E-state index contributed by atoms with van der Waals surface area (Å²) in [5.41, 5.74) is -0.217. The number of hydrogen-bond donors (Lipinski definition) is 2. The van der Waals surface area contributed by atoms with Crippen molar-refractivity contribution in [1.29, 1.82) is 0 Å². The molecule has 6 nitrogen and oxygen atoms in total. The first-order valence-corrected chi connectivity index (χ1v) is 6.26. The average molecular weight is 281 g/mol. The molecule has 0 aliphatic rings. The zero-order valence-electron chi connectivity index (χ0n) is 11.8. The van der Waals surface area contributed by atoms with Crippen LogP contribution in [0.4, 0.5) is 0 Å². The Balaban J connectivity index is 2.79. The minimum absolute atomic E-state index is 0.0750. The largest absolute Gasteiger partial charge is 0.491 e. The lowest BCUT2D eigenvalue weighted by atomic mass is 10.1. The normalized spacial score (nSPS) is 10.8. The lowest BCUT2D eigenvalue weighted by Crippen LogP contribution is -2.30. The zero-order chi connectivity index (χ0) is 15.3. The van der Waals surface area contributed by atoms with Gasteiger partial charge >= 0.3 is 11.9 Å². The van der Waals surface area contributed by atoms with E-state index in [9.17, 15) is 9.59 Å². The maximum Gasteiger partial charge on any atom is 0.339 e. The molecule has 0 amide bonds. The number of ether oxygens (including phenoxy) is 1. The molecule has 1 aromatic carbocycles. The highest BCUT2D eigenvalue weighted by Gasteiger charge is 2.15. The molecule has 0 radical (unpaired) electrons. The van der Waals surface area contributed by atoms with Gasteiger partial charge in [-0.15, -0.1) is 0 Å². The Morgan fingerprint density at radius 1 is 1.25 bits per heavy atom. The van der Waals surface area contributed by atoms with E-state index in [1.807, 2.05) is 20.9 Å². The van der Waals surface area contributed by atoms with Crippen LogP contribution < -0.4 is 4.74 Å². The summed E-state index contributed by atoms with van der Waals surface area (Å²) in [6, 6.07) is 4.18. The molecular formula is C14H19NO5. The van der Waals surface area contributed by atoms with Crippen LogP contribution in [-0.2, 0) is 0 Å². The van der Waals surface area contributed by atoms with Crippen LogP contribution in [0.5, 0.6) is 5.75 Å². The van der Waals surface area contributed by atoms with E-state index in [2.05, 4.69) is 4.90 Å². The van der Waals surface area contributed by atoms with Gasteiger partial charge in [-0.1, -0.05) is 0 Å².